The zero-order valence-corrected chi connectivity index (χ0v) is 18.3. The highest BCUT2D eigenvalue weighted by Gasteiger charge is 2.45. The number of rotatable bonds is 4. The molecule has 6 nitrogen and oxygen atoms in total. The standard InChI is InChI=1S/C24H26F3N3O3/c1-11-3-5-29-24-13(11)4-6-30(24)16-8-18(22(32)21(16)31)33-17-7-14(23(26)27)20(25)19-12(2)9-28-10-15(17)19/h3-7,12,16,18,21-23,28,31-32H,8-10H2,1-2H3. The van der Waals surface area contributed by atoms with Gasteiger partial charge in [-0.2, -0.15) is 0 Å². The van der Waals surface area contributed by atoms with Gasteiger partial charge >= 0.3 is 0 Å². The van der Waals surface area contributed by atoms with Crippen molar-refractivity contribution in [3.63, 3.8) is 0 Å². The van der Waals surface area contributed by atoms with Gasteiger partial charge in [-0.25, -0.2) is 18.2 Å². The summed E-state index contributed by atoms with van der Waals surface area (Å²) in [5.41, 5.74) is 1.72. The number of hydrogen-bond acceptors (Lipinski definition) is 5. The number of nitrogens with zero attached hydrogens (tertiary/aromatic N) is 2. The Bertz CT molecular complexity index is 1200. The van der Waals surface area contributed by atoms with Crippen LogP contribution in [-0.2, 0) is 6.54 Å². The monoisotopic (exact) mass is 461 g/mol. The summed E-state index contributed by atoms with van der Waals surface area (Å²) in [6.45, 7) is 4.47. The topological polar surface area (TPSA) is 79.5 Å². The van der Waals surface area contributed by atoms with Crippen LogP contribution in [0.1, 0.15) is 54.0 Å². The van der Waals surface area contributed by atoms with Crippen molar-refractivity contribution >= 4 is 11.0 Å². The van der Waals surface area contributed by atoms with Crippen molar-refractivity contribution in [2.45, 2.75) is 63.5 Å². The molecule has 9 heteroatoms. The molecule has 5 unspecified atom stereocenters. The van der Waals surface area contributed by atoms with Crippen LogP contribution in [0.25, 0.3) is 11.0 Å². The maximum absolute atomic E-state index is 14.9. The molecular weight excluding hydrogens is 435 g/mol. The summed E-state index contributed by atoms with van der Waals surface area (Å²) >= 11 is 0. The van der Waals surface area contributed by atoms with Crippen LogP contribution >= 0.6 is 0 Å². The number of aliphatic hydroxyl groups is 2. The van der Waals surface area contributed by atoms with Crippen molar-refractivity contribution in [2.24, 2.45) is 0 Å². The van der Waals surface area contributed by atoms with Crippen molar-refractivity contribution in [3.05, 3.63) is 58.7 Å². The van der Waals surface area contributed by atoms with Gasteiger partial charge in [0.1, 0.15) is 35.5 Å². The van der Waals surface area contributed by atoms with E-state index in [-0.39, 0.29) is 30.2 Å². The summed E-state index contributed by atoms with van der Waals surface area (Å²) < 4.78 is 49.8. The predicted octanol–water partition coefficient (Wildman–Crippen LogP) is 3.74. The van der Waals surface area contributed by atoms with E-state index in [0.29, 0.717) is 17.8 Å². The lowest BCUT2D eigenvalue weighted by molar-refractivity contribution is -0.0167. The molecular formula is C24H26F3N3O3. The third-order valence-corrected chi connectivity index (χ3v) is 6.95. The van der Waals surface area contributed by atoms with Crippen LogP contribution in [0.4, 0.5) is 13.2 Å². The molecule has 3 N–H and O–H groups in total. The van der Waals surface area contributed by atoms with Gasteiger partial charge in [-0.05, 0) is 36.6 Å². The quantitative estimate of drug-likeness (QED) is 0.552. The first kappa shape index (κ1) is 22.2. The van der Waals surface area contributed by atoms with E-state index in [1.807, 2.05) is 29.8 Å². The molecule has 0 spiro atoms. The van der Waals surface area contributed by atoms with Crippen LogP contribution in [0.15, 0.2) is 30.6 Å². The number of aryl methyl sites for hydroxylation is 1. The Morgan fingerprint density at radius 2 is 2.03 bits per heavy atom. The van der Waals surface area contributed by atoms with Crippen molar-refractivity contribution in [3.8, 4) is 5.75 Å². The number of nitrogens with one attached hydrogen (secondary N) is 1. The second-order valence-corrected chi connectivity index (χ2v) is 9.03. The number of hydrogen-bond donors (Lipinski definition) is 3. The van der Waals surface area contributed by atoms with Crippen molar-refractivity contribution in [1.82, 2.24) is 14.9 Å². The summed E-state index contributed by atoms with van der Waals surface area (Å²) in [7, 11) is 0. The highest BCUT2D eigenvalue weighted by atomic mass is 19.3. The number of aromatic nitrogens is 2. The fourth-order valence-corrected chi connectivity index (χ4v) is 5.17. The van der Waals surface area contributed by atoms with Gasteiger partial charge in [-0.3, -0.25) is 0 Å². The van der Waals surface area contributed by atoms with Gasteiger partial charge < -0.3 is 24.8 Å². The number of alkyl halides is 2. The smallest absolute Gasteiger partial charge is 0.266 e. The molecule has 0 saturated heterocycles. The van der Waals surface area contributed by atoms with E-state index in [1.54, 1.807) is 13.1 Å². The van der Waals surface area contributed by atoms with E-state index in [9.17, 15) is 23.4 Å². The average molecular weight is 461 g/mol. The number of pyridine rings is 1. The van der Waals surface area contributed by atoms with E-state index in [2.05, 4.69) is 10.3 Å². The third-order valence-electron chi connectivity index (χ3n) is 6.95. The van der Waals surface area contributed by atoms with Gasteiger partial charge in [-0.1, -0.05) is 6.92 Å². The fraction of sp³-hybridized carbons (Fsp3) is 0.458. The Kier molecular flexibility index (Phi) is 5.58. The van der Waals surface area contributed by atoms with E-state index in [1.165, 1.54) is 0 Å². The molecule has 176 valence electrons. The molecule has 5 atom stereocenters. The Morgan fingerprint density at radius 3 is 2.79 bits per heavy atom. The molecule has 5 rings (SSSR count). The Hall–Kier alpha value is -2.62. The Morgan fingerprint density at radius 1 is 1.24 bits per heavy atom. The molecule has 0 amide bonds. The summed E-state index contributed by atoms with van der Waals surface area (Å²) in [6, 6.07) is 4.32. The third kappa shape index (κ3) is 3.59. The fourth-order valence-electron chi connectivity index (χ4n) is 5.17. The largest absolute Gasteiger partial charge is 0.487 e. The van der Waals surface area contributed by atoms with Crippen molar-refractivity contribution < 1.29 is 28.1 Å². The molecule has 1 fully saturated rings. The van der Waals surface area contributed by atoms with Crippen LogP contribution in [0.2, 0.25) is 0 Å². The first-order chi connectivity index (χ1) is 15.8. The van der Waals surface area contributed by atoms with Crippen LogP contribution < -0.4 is 10.1 Å². The van der Waals surface area contributed by atoms with Gasteiger partial charge in [0.25, 0.3) is 6.43 Å². The number of halogens is 3. The molecule has 1 aromatic carbocycles. The second-order valence-electron chi connectivity index (χ2n) is 9.03. The van der Waals surface area contributed by atoms with Gasteiger partial charge in [0.15, 0.2) is 0 Å². The van der Waals surface area contributed by atoms with Crippen LogP contribution in [0.5, 0.6) is 5.75 Å². The Balaban J connectivity index is 1.49. The summed E-state index contributed by atoms with van der Waals surface area (Å²) in [5, 5.41) is 25.7. The molecule has 3 heterocycles. The minimum absolute atomic E-state index is 0.115. The lowest BCUT2D eigenvalue weighted by Gasteiger charge is -2.29. The van der Waals surface area contributed by atoms with Gasteiger partial charge in [-0.15, -0.1) is 0 Å². The molecule has 2 aliphatic rings. The van der Waals surface area contributed by atoms with Gasteiger partial charge in [0.2, 0.25) is 0 Å². The van der Waals surface area contributed by atoms with Gasteiger partial charge in [0, 0.05) is 48.4 Å². The zero-order valence-electron chi connectivity index (χ0n) is 18.3. The molecule has 1 saturated carbocycles. The molecule has 0 radical (unpaired) electrons. The van der Waals surface area contributed by atoms with Crippen LogP contribution in [0, 0.1) is 12.7 Å². The first-order valence-corrected chi connectivity index (χ1v) is 11.1. The molecule has 3 aromatic rings. The van der Waals surface area contributed by atoms with E-state index in [4.69, 9.17) is 4.74 Å². The van der Waals surface area contributed by atoms with Gasteiger partial charge in [0.05, 0.1) is 11.6 Å². The predicted molar refractivity (Wildman–Crippen MR) is 116 cm³/mol. The normalized spacial score (nSPS) is 27.3. The van der Waals surface area contributed by atoms with E-state index < -0.39 is 42.2 Å². The van der Waals surface area contributed by atoms with Crippen molar-refractivity contribution in [2.75, 3.05) is 6.54 Å². The van der Waals surface area contributed by atoms with Crippen LogP contribution in [0.3, 0.4) is 0 Å². The van der Waals surface area contributed by atoms with E-state index in [0.717, 1.165) is 17.0 Å². The maximum atomic E-state index is 14.9. The Labute approximate surface area is 189 Å². The molecule has 1 aliphatic carbocycles. The van der Waals surface area contributed by atoms with E-state index >= 15 is 0 Å². The lowest BCUT2D eigenvalue weighted by atomic mass is 9.89. The number of ether oxygens (including phenoxy) is 1. The number of benzene rings is 1. The summed E-state index contributed by atoms with van der Waals surface area (Å²) in [5.74, 6) is -1.09. The molecule has 0 bridgehead atoms. The average Bonchev–Trinajstić information content (AvgIpc) is 3.32. The number of aliphatic hydroxyl groups excluding tert-OH is 2. The second kappa shape index (κ2) is 8.30. The SMILES string of the molecule is Cc1ccnc2c1ccn2C1CC(Oc2cc(C(F)F)c(F)c3c2CNCC3C)C(O)C1O. The van der Waals surface area contributed by atoms with Crippen LogP contribution in [-0.4, -0.2) is 44.6 Å². The highest BCUT2D eigenvalue weighted by Crippen LogP contribution is 2.41. The summed E-state index contributed by atoms with van der Waals surface area (Å²) in [4.78, 5) is 4.42. The number of fused-ring (bicyclic) bond motifs is 2. The first-order valence-electron chi connectivity index (χ1n) is 11.1. The molecule has 33 heavy (non-hydrogen) atoms. The minimum Gasteiger partial charge on any atom is -0.487 e. The maximum Gasteiger partial charge on any atom is 0.266 e. The van der Waals surface area contributed by atoms with Crippen molar-refractivity contribution in [1.29, 1.82) is 0 Å². The summed E-state index contributed by atoms with van der Waals surface area (Å²) in [6.07, 6.45) is -2.51. The molecule has 1 aliphatic heterocycles. The minimum atomic E-state index is -2.99. The molecule has 2 aromatic heterocycles. The highest BCUT2D eigenvalue weighted by molar-refractivity contribution is 5.79. The lowest BCUT2D eigenvalue weighted by Crippen LogP contribution is -2.35. The zero-order chi connectivity index (χ0) is 23.4.